The maximum absolute atomic E-state index is 12.8. The molecule has 6 nitrogen and oxygen atoms in total. The first kappa shape index (κ1) is 25.9. The Bertz CT molecular complexity index is 1270. The average molecular weight is 526 g/mol. The van der Waals surface area contributed by atoms with Crippen LogP contribution < -0.4 is 9.47 Å². The highest BCUT2D eigenvalue weighted by Gasteiger charge is 2.33. The van der Waals surface area contributed by atoms with Gasteiger partial charge in [0.2, 0.25) is 6.79 Å². The molecule has 3 aliphatic heterocycles. The normalized spacial score (nSPS) is 21.2. The lowest BCUT2D eigenvalue weighted by molar-refractivity contribution is 0.0135. The minimum absolute atomic E-state index is 0.169. The number of nitrogens with zero attached hydrogens (tertiary/aromatic N) is 3. The fourth-order valence-electron chi connectivity index (χ4n) is 6.50. The van der Waals surface area contributed by atoms with Crippen LogP contribution in [0.15, 0.2) is 72.8 Å². The highest BCUT2D eigenvalue weighted by molar-refractivity contribution is 5.94. The van der Waals surface area contributed by atoms with Gasteiger partial charge in [-0.05, 0) is 74.1 Å². The second-order valence-corrected chi connectivity index (χ2v) is 11.3. The van der Waals surface area contributed by atoms with E-state index >= 15 is 0 Å². The SMILES string of the molecule is C[C@@H]1CN(C2CCN(C(=O)c3ccccc3)CC2)CCN1[C@@H](C)c1ccc(Cc2ccc3c(c2)OCO3)cc1. The number of piperazine rings is 1. The molecule has 0 aromatic heterocycles. The minimum atomic E-state index is 0.169. The molecular formula is C33H39N3O3. The molecule has 6 rings (SSSR count). The van der Waals surface area contributed by atoms with Crippen LogP contribution in [0, 0.1) is 0 Å². The number of ether oxygens (including phenoxy) is 2. The van der Waals surface area contributed by atoms with Crippen molar-refractivity contribution >= 4 is 5.91 Å². The van der Waals surface area contributed by atoms with E-state index in [2.05, 4.69) is 60.0 Å². The van der Waals surface area contributed by atoms with Crippen LogP contribution in [-0.4, -0.2) is 72.2 Å². The Morgan fingerprint density at radius 2 is 1.59 bits per heavy atom. The van der Waals surface area contributed by atoms with E-state index in [-0.39, 0.29) is 5.91 Å². The highest BCUT2D eigenvalue weighted by atomic mass is 16.7. The molecule has 3 heterocycles. The van der Waals surface area contributed by atoms with E-state index in [1.54, 1.807) is 0 Å². The van der Waals surface area contributed by atoms with E-state index in [4.69, 9.17) is 9.47 Å². The Labute approximate surface area is 232 Å². The van der Waals surface area contributed by atoms with Crippen molar-refractivity contribution in [1.29, 1.82) is 0 Å². The van der Waals surface area contributed by atoms with Crippen molar-refractivity contribution in [2.75, 3.05) is 39.5 Å². The lowest BCUT2D eigenvalue weighted by Crippen LogP contribution is -2.57. The van der Waals surface area contributed by atoms with E-state index in [9.17, 15) is 4.79 Å². The molecule has 3 aromatic carbocycles. The van der Waals surface area contributed by atoms with Crippen LogP contribution in [0.5, 0.6) is 11.5 Å². The third-order valence-electron chi connectivity index (χ3n) is 8.80. The summed E-state index contributed by atoms with van der Waals surface area (Å²) < 4.78 is 11.0. The van der Waals surface area contributed by atoms with Gasteiger partial charge in [0.05, 0.1) is 0 Å². The predicted molar refractivity (Wildman–Crippen MR) is 153 cm³/mol. The number of amides is 1. The van der Waals surface area contributed by atoms with Crippen molar-refractivity contribution in [2.45, 2.75) is 51.2 Å². The van der Waals surface area contributed by atoms with Crippen molar-refractivity contribution in [3.63, 3.8) is 0 Å². The van der Waals surface area contributed by atoms with E-state index in [0.29, 0.717) is 24.9 Å². The average Bonchev–Trinajstić information content (AvgIpc) is 3.45. The van der Waals surface area contributed by atoms with Gasteiger partial charge >= 0.3 is 0 Å². The molecule has 2 atom stereocenters. The summed E-state index contributed by atoms with van der Waals surface area (Å²) in [6.07, 6.45) is 3.01. The summed E-state index contributed by atoms with van der Waals surface area (Å²) in [6.45, 7) is 9.97. The van der Waals surface area contributed by atoms with E-state index in [1.807, 2.05) is 41.3 Å². The molecule has 0 aliphatic carbocycles. The summed E-state index contributed by atoms with van der Waals surface area (Å²) >= 11 is 0. The maximum Gasteiger partial charge on any atom is 0.253 e. The monoisotopic (exact) mass is 525 g/mol. The molecule has 0 spiro atoms. The van der Waals surface area contributed by atoms with Crippen LogP contribution in [-0.2, 0) is 6.42 Å². The molecule has 0 bridgehead atoms. The molecule has 0 radical (unpaired) electrons. The van der Waals surface area contributed by atoms with Gasteiger partial charge < -0.3 is 14.4 Å². The van der Waals surface area contributed by atoms with Crippen molar-refractivity contribution < 1.29 is 14.3 Å². The summed E-state index contributed by atoms with van der Waals surface area (Å²) in [7, 11) is 0. The largest absolute Gasteiger partial charge is 0.454 e. The fraction of sp³-hybridized carbons (Fsp3) is 0.424. The molecular weight excluding hydrogens is 486 g/mol. The van der Waals surface area contributed by atoms with Crippen LogP contribution in [0.4, 0.5) is 0 Å². The van der Waals surface area contributed by atoms with Crippen LogP contribution in [0.2, 0.25) is 0 Å². The van der Waals surface area contributed by atoms with Crippen LogP contribution in [0.1, 0.15) is 59.8 Å². The number of carbonyl (C=O) groups excluding carboxylic acids is 1. The van der Waals surface area contributed by atoms with E-state index in [1.165, 1.54) is 16.7 Å². The number of hydrogen-bond donors (Lipinski definition) is 0. The van der Waals surface area contributed by atoms with Gasteiger partial charge in [-0.1, -0.05) is 48.5 Å². The number of piperidine rings is 1. The van der Waals surface area contributed by atoms with Crippen molar-refractivity contribution in [3.8, 4) is 11.5 Å². The molecule has 2 fully saturated rings. The second kappa shape index (κ2) is 11.4. The number of likely N-dealkylation sites (tertiary alicyclic amines) is 1. The zero-order valence-corrected chi connectivity index (χ0v) is 23.1. The zero-order chi connectivity index (χ0) is 26.8. The molecule has 1 amide bonds. The number of carbonyl (C=O) groups is 1. The standard InChI is InChI=1S/C33H39N3O3/c1-24-22-35(30-14-16-34(17-15-30)33(37)29-6-4-3-5-7-29)18-19-36(24)25(2)28-11-8-26(9-12-28)20-27-10-13-31-32(21-27)39-23-38-31/h3-13,21,24-25,30H,14-20,22-23H2,1-2H3/t24-,25+/m1/s1. The smallest absolute Gasteiger partial charge is 0.253 e. The number of fused-ring (bicyclic) bond motifs is 1. The van der Waals surface area contributed by atoms with E-state index < -0.39 is 0 Å². The third kappa shape index (κ3) is 5.68. The first-order valence-corrected chi connectivity index (χ1v) is 14.4. The first-order chi connectivity index (χ1) is 19.0. The first-order valence-electron chi connectivity index (χ1n) is 14.4. The molecule has 0 unspecified atom stereocenters. The van der Waals surface area contributed by atoms with Gasteiger partial charge in [0, 0.05) is 56.4 Å². The molecule has 39 heavy (non-hydrogen) atoms. The summed E-state index contributed by atoms with van der Waals surface area (Å²) in [5.74, 6) is 1.85. The third-order valence-corrected chi connectivity index (χ3v) is 8.80. The highest BCUT2D eigenvalue weighted by Crippen LogP contribution is 2.33. The Morgan fingerprint density at radius 1 is 0.872 bits per heavy atom. The van der Waals surface area contributed by atoms with Gasteiger partial charge in [-0.3, -0.25) is 14.6 Å². The summed E-state index contributed by atoms with van der Waals surface area (Å²) in [5, 5.41) is 0. The minimum Gasteiger partial charge on any atom is -0.454 e. The van der Waals surface area contributed by atoms with Gasteiger partial charge in [0.1, 0.15) is 0 Å². The maximum atomic E-state index is 12.8. The Morgan fingerprint density at radius 3 is 2.33 bits per heavy atom. The van der Waals surface area contributed by atoms with Crippen LogP contribution in [0.25, 0.3) is 0 Å². The molecule has 3 aromatic rings. The number of rotatable bonds is 6. The van der Waals surface area contributed by atoms with Crippen molar-refractivity contribution in [1.82, 2.24) is 14.7 Å². The van der Waals surface area contributed by atoms with Crippen LogP contribution >= 0.6 is 0 Å². The molecule has 2 saturated heterocycles. The summed E-state index contributed by atoms with van der Waals surface area (Å²) in [5.41, 5.74) is 4.71. The molecule has 0 N–H and O–H groups in total. The lowest BCUT2D eigenvalue weighted by atomic mass is 9.97. The van der Waals surface area contributed by atoms with Gasteiger partial charge in [-0.2, -0.15) is 0 Å². The molecule has 0 saturated carbocycles. The Kier molecular flexibility index (Phi) is 7.58. The Balaban J connectivity index is 1.00. The molecule has 204 valence electrons. The number of benzene rings is 3. The second-order valence-electron chi connectivity index (χ2n) is 11.3. The number of hydrogen-bond acceptors (Lipinski definition) is 5. The predicted octanol–water partition coefficient (Wildman–Crippen LogP) is 5.38. The fourth-order valence-corrected chi connectivity index (χ4v) is 6.50. The van der Waals surface area contributed by atoms with Crippen molar-refractivity contribution in [2.24, 2.45) is 0 Å². The van der Waals surface area contributed by atoms with Gasteiger partial charge in [-0.15, -0.1) is 0 Å². The van der Waals surface area contributed by atoms with Gasteiger partial charge in [-0.25, -0.2) is 0 Å². The molecule has 6 heteroatoms. The quantitative estimate of drug-likeness (QED) is 0.433. The lowest BCUT2D eigenvalue weighted by Gasteiger charge is -2.47. The van der Waals surface area contributed by atoms with Crippen LogP contribution in [0.3, 0.4) is 0 Å². The van der Waals surface area contributed by atoms with Crippen molar-refractivity contribution in [3.05, 3.63) is 95.1 Å². The summed E-state index contributed by atoms with van der Waals surface area (Å²) in [6, 6.07) is 26.5. The van der Waals surface area contributed by atoms with E-state index in [0.717, 1.165) is 69.0 Å². The molecule has 3 aliphatic rings. The summed E-state index contributed by atoms with van der Waals surface area (Å²) in [4.78, 5) is 20.2. The topological polar surface area (TPSA) is 45.2 Å². The Hall–Kier alpha value is -3.35. The zero-order valence-electron chi connectivity index (χ0n) is 23.1. The van der Waals surface area contributed by atoms with Gasteiger partial charge in [0.15, 0.2) is 11.5 Å². The van der Waals surface area contributed by atoms with Gasteiger partial charge in [0.25, 0.3) is 5.91 Å².